The van der Waals surface area contributed by atoms with Crippen LogP contribution in [0.3, 0.4) is 0 Å². The second kappa shape index (κ2) is 10.1. The number of urea groups is 1. The maximum Gasteiger partial charge on any atom is 0.325 e. The van der Waals surface area contributed by atoms with Crippen molar-refractivity contribution in [1.82, 2.24) is 15.5 Å². The molecule has 30 heavy (non-hydrogen) atoms. The molecule has 7 heteroatoms. The second-order valence-corrected chi connectivity index (χ2v) is 8.38. The number of nitrogens with one attached hydrogen (secondary N) is 2. The van der Waals surface area contributed by atoms with Crippen molar-refractivity contribution >= 4 is 17.8 Å². The molecule has 1 heterocycles. The molecule has 1 aromatic carbocycles. The third-order valence-electron chi connectivity index (χ3n) is 6.36. The highest BCUT2D eigenvalue weighted by molar-refractivity contribution is 6.09. The summed E-state index contributed by atoms with van der Waals surface area (Å²) in [6.07, 6.45) is 4.93. The van der Waals surface area contributed by atoms with Crippen molar-refractivity contribution in [1.29, 1.82) is 0 Å². The fraction of sp³-hybridized carbons (Fsp3) is 0.609. The molecule has 164 valence electrons. The summed E-state index contributed by atoms with van der Waals surface area (Å²) in [6.45, 7) is 4.87. The highest BCUT2D eigenvalue weighted by atomic mass is 16.5. The molecule has 3 rings (SSSR count). The Labute approximate surface area is 178 Å². The van der Waals surface area contributed by atoms with Crippen LogP contribution in [0.15, 0.2) is 30.3 Å². The van der Waals surface area contributed by atoms with Gasteiger partial charge in [-0.05, 0) is 50.5 Å². The van der Waals surface area contributed by atoms with Crippen LogP contribution in [0.1, 0.15) is 64.0 Å². The average Bonchev–Trinajstić information content (AvgIpc) is 2.98. The predicted molar refractivity (Wildman–Crippen MR) is 114 cm³/mol. The van der Waals surface area contributed by atoms with Gasteiger partial charge < -0.3 is 15.4 Å². The maximum atomic E-state index is 12.9. The van der Waals surface area contributed by atoms with E-state index < -0.39 is 11.6 Å². The molecule has 0 radical (unpaired) electrons. The Hall–Kier alpha value is -2.41. The van der Waals surface area contributed by atoms with E-state index in [-0.39, 0.29) is 24.5 Å². The van der Waals surface area contributed by atoms with E-state index in [9.17, 15) is 14.4 Å². The molecule has 1 aliphatic carbocycles. The zero-order valence-corrected chi connectivity index (χ0v) is 18.0. The number of hydrogen-bond acceptors (Lipinski definition) is 4. The molecule has 1 aromatic rings. The van der Waals surface area contributed by atoms with E-state index in [1.807, 2.05) is 37.3 Å². The van der Waals surface area contributed by atoms with E-state index in [2.05, 4.69) is 17.6 Å². The molecule has 2 fully saturated rings. The lowest BCUT2D eigenvalue weighted by Crippen LogP contribution is -2.50. The van der Waals surface area contributed by atoms with Crippen molar-refractivity contribution < 1.29 is 19.1 Å². The molecule has 0 aromatic heterocycles. The minimum Gasteiger partial charge on any atom is -0.374 e. The summed E-state index contributed by atoms with van der Waals surface area (Å²) in [6, 6.07) is 9.51. The van der Waals surface area contributed by atoms with Crippen LogP contribution in [-0.2, 0) is 14.3 Å². The van der Waals surface area contributed by atoms with Gasteiger partial charge in [0.15, 0.2) is 0 Å². The van der Waals surface area contributed by atoms with Crippen LogP contribution in [-0.4, -0.2) is 48.0 Å². The van der Waals surface area contributed by atoms with E-state index in [1.54, 1.807) is 0 Å². The Morgan fingerprint density at radius 2 is 1.97 bits per heavy atom. The van der Waals surface area contributed by atoms with Gasteiger partial charge in [0, 0.05) is 13.2 Å². The lowest BCUT2D eigenvalue weighted by atomic mass is 9.75. The summed E-state index contributed by atoms with van der Waals surface area (Å²) < 4.78 is 5.79. The average molecular weight is 416 g/mol. The lowest BCUT2D eigenvalue weighted by Gasteiger charge is -2.34. The molecule has 4 amide bonds. The lowest BCUT2D eigenvalue weighted by molar-refractivity contribution is -0.136. The number of amides is 4. The largest absolute Gasteiger partial charge is 0.374 e. The minimum absolute atomic E-state index is 0.00759. The number of nitrogens with zero attached hydrogens (tertiary/aromatic N) is 1. The van der Waals surface area contributed by atoms with E-state index in [1.165, 1.54) is 0 Å². The van der Waals surface area contributed by atoms with Crippen molar-refractivity contribution in [2.24, 2.45) is 5.92 Å². The van der Waals surface area contributed by atoms with Gasteiger partial charge in [-0.3, -0.25) is 14.5 Å². The molecule has 0 bridgehead atoms. The van der Waals surface area contributed by atoms with Crippen LogP contribution < -0.4 is 10.6 Å². The quantitative estimate of drug-likeness (QED) is 0.479. The number of ether oxygens (including phenoxy) is 1. The number of carbonyl (C=O) groups is 3. The summed E-state index contributed by atoms with van der Waals surface area (Å²) in [7, 11) is 0. The van der Waals surface area contributed by atoms with Gasteiger partial charge in [-0.25, -0.2) is 4.79 Å². The first-order valence-corrected chi connectivity index (χ1v) is 11.0. The fourth-order valence-corrected chi connectivity index (χ4v) is 4.32. The van der Waals surface area contributed by atoms with Gasteiger partial charge in [0.1, 0.15) is 12.1 Å². The molecule has 1 unspecified atom stereocenters. The Balaban J connectivity index is 1.37. The molecular weight excluding hydrogens is 382 g/mol. The topological polar surface area (TPSA) is 87.7 Å². The molecule has 1 saturated heterocycles. The van der Waals surface area contributed by atoms with Crippen LogP contribution in [0, 0.1) is 5.92 Å². The molecule has 2 aliphatic rings. The molecule has 1 atom stereocenters. The zero-order chi connectivity index (χ0) is 21.6. The molecule has 2 N–H and O–H groups in total. The molecule has 7 nitrogen and oxygen atoms in total. The van der Waals surface area contributed by atoms with Crippen LogP contribution in [0.2, 0.25) is 0 Å². The molecular formula is C23H33N3O4. The zero-order valence-electron chi connectivity index (χ0n) is 18.0. The van der Waals surface area contributed by atoms with E-state index >= 15 is 0 Å². The number of rotatable bonds is 9. The van der Waals surface area contributed by atoms with Crippen LogP contribution in [0.25, 0.3) is 0 Å². The third-order valence-corrected chi connectivity index (χ3v) is 6.36. The second-order valence-electron chi connectivity index (χ2n) is 8.38. The molecule has 1 aliphatic heterocycles. The number of hydrogen-bond donors (Lipinski definition) is 2. The fourth-order valence-electron chi connectivity index (χ4n) is 4.32. The van der Waals surface area contributed by atoms with Crippen molar-refractivity contribution in [3.05, 3.63) is 35.9 Å². The summed E-state index contributed by atoms with van der Waals surface area (Å²) >= 11 is 0. The van der Waals surface area contributed by atoms with Gasteiger partial charge in [0.25, 0.3) is 5.91 Å². The number of carbonyl (C=O) groups excluding carboxylic acids is 3. The van der Waals surface area contributed by atoms with Crippen molar-refractivity contribution in [3.8, 4) is 0 Å². The standard InChI is InChI=1S/C23H33N3O4/c1-3-18-10-12-23(13-11-18)21(28)26(22(29)25-23)16-20(27)24-14-7-15-30-17(2)19-8-5-4-6-9-19/h4-6,8-9,17-18H,3,7,10-16H2,1-2H3,(H,24,27)(H,25,29). The van der Waals surface area contributed by atoms with Gasteiger partial charge in [-0.15, -0.1) is 0 Å². The Morgan fingerprint density at radius 3 is 2.63 bits per heavy atom. The highest BCUT2D eigenvalue weighted by Crippen LogP contribution is 2.37. The van der Waals surface area contributed by atoms with Crippen molar-refractivity contribution in [3.63, 3.8) is 0 Å². The van der Waals surface area contributed by atoms with E-state index in [4.69, 9.17) is 4.74 Å². The first kappa shape index (κ1) is 22.3. The van der Waals surface area contributed by atoms with Crippen LogP contribution in [0.4, 0.5) is 4.79 Å². The number of benzene rings is 1. The van der Waals surface area contributed by atoms with Gasteiger partial charge in [0.05, 0.1) is 6.10 Å². The summed E-state index contributed by atoms with van der Waals surface area (Å²) in [5, 5.41) is 5.64. The van der Waals surface area contributed by atoms with Gasteiger partial charge in [-0.2, -0.15) is 0 Å². The molecule has 1 spiro atoms. The third kappa shape index (κ3) is 5.19. The molecule has 1 saturated carbocycles. The SMILES string of the molecule is CCC1CCC2(CC1)NC(=O)N(CC(=O)NCCCOC(C)c1ccccc1)C2=O. The van der Waals surface area contributed by atoms with Gasteiger partial charge in [-0.1, -0.05) is 43.7 Å². The monoisotopic (exact) mass is 415 g/mol. The van der Waals surface area contributed by atoms with Crippen molar-refractivity contribution in [2.45, 2.75) is 64.0 Å². The van der Waals surface area contributed by atoms with Crippen molar-refractivity contribution in [2.75, 3.05) is 19.7 Å². The van der Waals surface area contributed by atoms with E-state index in [0.29, 0.717) is 38.3 Å². The first-order valence-electron chi connectivity index (χ1n) is 11.0. The maximum absolute atomic E-state index is 12.9. The minimum atomic E-state index is -0.801. The first-order chi connectivity index (χ1) is 14.4. The van der Waals surface area contributed by atoms with Gasteiger partial charge in [0.2, 0.25) is 5.91 Å². The highest BCUT2D eigenvalue weighted by Gasteiger charge is 2.52. The van der Waals surface area contributed by atoms with Crippen LogP contribution >= 0.6 is 0 Å². The summed E-state index contributed by atoms with van der Waals surface area (Å²) in [5.41, 5.74) is 0.312. The smallest absolute Gasteiger partial charge is 0.325 e. The summed E-state index contributed by atoms with van der Waals surface area (Å²) in [5.74, 6) is 0.0376. The predicted octanol–water partition coefficient (Wildman–Crippen LogP) is 3.16. The van der Waals surface area contributed by atoms with Crippen LogP contribution in [0.5, 0.6) is 0 Å². The Bertz CT molecular complexity index is 744. The van der Waals surface area contributed by atoms with Gasteiger partial charge >= 0.3 is 6.03 Å². The number of imide groups is 1. The van der Waals surface area contributed by atoms with E-state index in [0.717, 1.165) is 29.7 Å². The summed E-state index contributed by atoms with van der Waals surface area (Å²) in [4.78, 5) is 38.5. The Kier molecular flexibility index (Phi) is 7.48. The normalized spacial score (nSPS) is 24.7. The Morgan fingerprint density at radius 1 is 1.27 bits per heavy atom.